The average molecular weight is 271 g/mol. The molecule has 18 heavy (non-hydrogen) atoms. The van der Waals surface area contributed by atoms with Crippen molar-refractivity contribution in [1.82, 2.24) is 5.32 Å². The summed E-state index contributed by atoms with van der Waals surface area (Å²) in [5.74, 6) is -0.612. The molecule has 0 saturated heterocycles. The van der Waals surface area contributed by atoms with Crippen LogP contribution >= 0.6 is 11.3 Å². The van der Waals surface area contributed by atoms with E-state index in [1.54, 1.807) is 13.1 Å². The molecule has 0 unspecified atom stereocenters. The van der Waals surface area contributed by atoms with E-state index in [-0.39, 0.29) is 10.8 Å². The summed E-state index contributed by atoms with van der Waals surface area (Å²) in [6, 6.07) is 1.76. The summed E-state index contributed by atoms with van der Waals surface area (Å²) in [5.41, 5.74) is 0. The van der Waals surface area contributed by atoms with Crippen LogP contribution in [0.1, 0.15) is 34.3 Å². The molecule has 100 valence electrons. The first kappa shape index (κ1) is 14.5. The SMILES string of the molecule is CCc1cc(OCCCC(=O)NC)c(C(=O)O)s1. The third-order valence-corrected chi connectivity index (χ3v) is 3.62. The number of amides is 1. The lowest BCUT2D eigenvalue weighted by Gasteiger charge is -2.04. The van der Waals surface area contributed by atoms with Gasteiger partial charge in [-0.15, -0.1) is 11.3 Å². The summed E-state index contributed by atoms with van der Waals surface area (Å²) in [4.78, 5) is 23.2. The number of aryl methyl sites for hydroxylation is 1. The van der Waals surface area contributed by atoms with E-state index < -0.39 is 5.97 Å². The number of thiophene rings is 1. The van der Waals surface area contributed by atoms with Gasteiger partial charge in [0.1, 0.15) is 5.75 Å². The lowest BCUT2D eigenvalue weighted by molar-refractivity contribution is -0.120. The number of nitrogens with one attached hydrogen (secondary N) is 1. The Morgan fingerprint density at radius 2 is 2.22 bits per heavy atom. The minimum atomic E-state index is -0.971. The van der Waals surface area contributed by atoms with E-state index in [9.17, 15) is 9.59 Å². The molecule has 0 aliphatic heterocycles. The van der Waals surface area contributed by atoms with Crippen LogP contribution in [0.4, 0.5) is 0 Å². The highest BCUT2D eigenvalue weighted by molar-refractivity contribution is 7.14. The molecule has 0 radical (unpaired) electrons. The van der Waals surface area contributed by atoms with Crippen molar-refractivity contribution in [2.45, 2.75) is 26.2 Å². The van der Waals surface area contributed by atoms with E-state index in [0.29, 0.717) is 25.2 Å². The molecule has 0 atom stereocenters. The average Bonchev–Trinajstić information content (AvgIpc) is 2.77. The molecule has 6 heteroatoms. The molecular formula is C12H17NO4S. The lowest BCUT2D eigenvalue weighted by Crippen LogP contribution is -2.18. The molecule has 1 aromatic heterocycles. The Labute approximate surface area is 110 Å². The molecule has 5 nitrogen and oxygen atoms in total. The van der Waals surface area contributed by atoms with Crippen molar-refractivity contribution in [1.29, 1.82) is 0 Å². The van der Waals surface area contributed by atoms with Crippen LogP contribution < -0.4 is 10.1 Å². The molecule has 0 aliphatic rings. The molecule has 0 aromatic carbocycles. The van der Waals surface area contributed by atoms with Crippen molar-refractivity contribution in [2.24, 2.45) is 0 Å². The Hall–Kier alpha value is -1.56. The third-order valence-electron chi connectivity index (χ3n) is 2.38. The second-order valence-electron chi connectivity index (χ2n) is 3.69. The Kier molecular flexibility index (Phi) is 5.64. The summed E-state index contributed by atoms with van der Waals surface area (Å²) in [6.45, 7) is 2.31. The van der Waals surface area contributed by atoms with Crippen molar-refractivity contribution < 1.29 is 19.4 Å². The van der Waals surface area contributed by atoms with Gasteiger partial charge in [0, 0.05) is 18.3 Å². The number of carboxylic acid groups (broad SMARTS) is 1. The minimum Gasteiger partial charge on any atom is -0.492 e. The first-order valence-corrected chi connectivity index (χ1v) is 6.59. The van der Waals surface area contributed by atoms with Gasteiger partial charge in [-0.1, -0.05) is 6.92 Å². The van der Waals surface area contributed by atoms with Gasteiger partial charge in [-0.3, -0.25) is 4.79 Å². The molecule has 1 rings (SSSR count). The van der Waals surface area contributed by atoms with E-state index in [4.69, 9.17) is 9.84 Å². The number of aromatic carboxylic acids is 1. The zero-order chi connectivity index (χ0) is 13.5. The van der Waals surface area contributed by atoms with E-state index >= 15 is 0 Å². The number of hydrogen-bond donors (Lipinski definition) is 2. The molecule has 1 aromatic rings. The van der Waals surface area contributed by atoms with Gasteiger partial charge in [0.2, 0.25) is 5.91 Å². The normalized spacial score (nSPS) is 10.1. The summed E-state index contributed by atoms with van der Waals surface area (Å²) in [6.07, 6.45) is 1.73. The molecule has 1 heterocycles. The summed E-state index contributed by atoms with van der Waals surface area (Å²) in [5, 5.41) is 11.5. The number of rotatable bonds is 7. The van der Waals surface area contributed by atoms with Gasteiger partial charge in [-0.25, -0.2) is 4.79 Å². The molecule has 0 saturated carbocycles. The predicted octanol–water partition coefficient (Wildman–Crippen LogP) is 1.91. The van der Waals surface area contributed by atoms with E-state index in [2.05, 4.69) is 5.32 Å². The molecule has 1 amide bonds. The topological polar surface area (TPSA) is 75.6 Å². The smallest absolute Gasteiger partial charge is 0.349 e. The minimum absolute atomic E-state index is 0.0448. The maximum absolute atomic E-state index is 11.0. The third kappa shape index (κ3) is 4.03. The van der Waals surface area contributed by atoms with Crippen molar-refractivity contribution >= 4 is 23.2 Å². The van der Waals surface area contributed by atoms with Crippen LogP contribution in [0.2, 0.25) is 0 Å². The van der Waals surface area contributed by atoms with Gasteiger partial charge >= 0.3 is 5.97 Å². The van der Waals surface area contributed by atoms with E-state index in [1.807, 2.05) is 6.92 Å². The van der Waals surface area contributed by atoms with Gasteiger partial charge in [0.15, 0.2) is 4.88 Å². The van der Waals surface area contributed by atoms with Crippen molar-refractivity contribution in [3.05, 3.63) is 15.8 Å². The first-order valence-electron chi connectivity index (χ1n) is 5.77. The number of hydrogen-bond acceptors (Lipinski definition) is 4. The lowest BCUT2D eigenvalue weighted by atomic mass is 10.3. The number of carbonyl (C=O) groups is 2. The fourth-order valence-electron chi connectivity index (χ4n) is 1.39. The maximum Gasteiger partial charge on any atom is 0.349 e. The Morgan fingerprint density at radius 1 is 1.50 bits per heavy atom. The molecule has 0 fully saturated rings. The van der Waals surface area contributed by atoms with Crippen molar-refractivity contribution in [3.8, 4) is 5.75 Å². The molecule has 0 spiro atoms. The van der Waals surface area contributed by atoms with Crippen molar-refractivity contribution in [2.75, 3.05) is 13.7 Å². The monoisotopic (exact) mass is 271 g/mol. The highest BCUT2D eigenvalue weighted by atomic mass is 32.1. The Morgan fingerprint density at radius 3 is 2.78 bits per heavy atom. The zero-order valence-electron chi connectivity index (χ0n) is 10.5. The first-order chi connectivity index (χ1) is 8.58. The number of carboxylic acids is 1. The molecule has 2 N–H and O–H groups in total. The van der Waals surface area contributed by atoms with Gasteiger partial charge in [-0.2, -0.15) is 0 Å². The molecular weight excluding hydrogens is 254 g/mol. The molecule has 0 aliphatic carbocycles. The standard InChI is InChI=1S/C12H17NO4S/c1-3-8-7-9(11(18-8)12(15)16)17-6-4-5-10(14)13-2/h7H,3-6H2,1-2H3,(H,13,14)(H,15,16). The maximum atomic E-state index is 11.0. The largest absolute Gasteiger partial charge is 0.492 e. The highest BCUT2D eigenvalue weighted by Gasteiger charge is 2.16. The summed E-state index contributed by atoms with van der Waals surface area (Å²) >= 11 is 1.23. The van der Waals surface area contributed by atoms with Crippen LogP contribution in [-0.4, -0.2) is 30.6 Å². The van der Waals surface area contributed by atoms with Gasteiger partial charge in [-0.05, 0) is 18.9 Å². The van der Waals surface area contributed by atoms with E-state index in [0.717, 1.165) is 11.3 Å². The van der Waals surface area contributed by atoms with Gasteiger partial charge < -0.3 is 15.2 Å². The highest BCUT2D eigenvalue weighted by Crippen LogP contribution is 2.29. The van der Waals surface area contributed by atoms with Crippen LogP contribution in [0.5, 0.6) is 5.75 Å². The fourth-order valence-corrected chi connectivity index (χ4v) is 2.27. The van der Waals surface area contributed by atoms with Gasteiger partial charge in [0.25, 0.3) is 0 Å². The second kappa shape index (κ2) is 7.00. The van der Waals surface area contributed by atoms with E-state index in [1.165, 1.54) is 11.3 Å². The summed E-state index contributed by atoms with van der Waals surface area (Å²) in [7, 11) is 1.58. The van der Waals surface area contributed by atoms with Crippen LogP contribution in [0, 0.1) is 0 Å². The van der Waals surface area contributed by atoms with Crippen LogP contribution in [0.3, 0.4) is 0 Å². The Balaban J connectivity index is 2.53. The second-order valence-corrected chi connectivity index (χ2v) is 4.83. The van der Waals surface area contributed by atoms with Crippen molar-refractivity contribution in [3.63, 3.8) is 0 Å². The van der Waals surface area contributed by atoms with Crippen LogP contribution in [0.15, 0.2) is 6.07 Å². The van der Waals surface area contributed by atoms with Crippen LogP contribution in [0.25, 0.3) is 0 Å². The van der Waals surface area contributed by atoms with Gasteiger partial charge in [0.05, 0.1) is 6.61 Å². The molecule has 0 bridgehead atoms. The predicted molar refractivity (Wildman–Crippen MR) is 69.5 cm³/mol. The number of ether oxygens (including phenoxy) is 1. The quantitative estimate of drug-likeness (QED) is 0.743. The fraction of sp³-hybridized carbons (Fsp3) is 0.500. The zero-order valence-corrected chi connectivity index (χ0v) is 11.3. The summed E-state index contributed by atoms with van der Waals surface area (Å²) < 4.78 is 5.43. The Bertz CT molecular complexity index is 428. The van der Waals surface area contributed by atoms with Crippen LogP contribution in [-0.2, 0) is 11.2 Å². The number of carbonyl (C=O) groups excluding carboxylic acids is 1.